The first-order chi connectivity index (χ1) is 11.6. The van der Waals surface area contributed by atoms with Crippen molar-refractivity contribution in [1.29, 1.82) is 0 Å². The van der Waals surface area contributed by atoms with E-state index < -0.39 is 0 Å². The molecule has 2 N–H and O–H groups in total. The smallest absolute Gasteiger partial charge is 0.231 e. The van der Waals surface area contributed by atoms with Crippen LogP contribution in [0.1, 0.15) is 32.3 Å². The number of nitrogens with one attached hydrogen (secondary N) is 2. The van der Waals surface area contributed by atoms with Crippen LogP contribution in [0.3, 0.4) is 0 Å². The van der Waals surface area contributed by atoms with Gasteiger partial charge in [-0.05, 0) is 60.3 Å². The van der Waals surface area contributed by atoms with Crippen LogP contribution in [-0.2, 0) is 11.3 Å². The lowest BCUT2D eigenvalue weighted by Gasteiger charge is -2.24. The molecular weight excluding hydrogens is 501 g/mol. The highest BCUT2D eigenvalue weighted by Gasteiger charge is 2.29. The summed E-state index contributed by atoms with van der Waals surface area (Å²) in [6, 6.07) is 3.99. The molecule has 1 aromatic carbocycles. The summed E-state index contributed by atoms with van der Waals surface area (Å²) in [6.45, 7) is 7.44. The number of fused-ring (bicyclic) bond motifs is 1. The van der Waals surface area contributed by atoms with Gasteiger partial charge >= 0.3 is 0 Å². The maximum absolute atomic E-state index is 5.82. The molecule has 1 unspecified atom stereocenters. The van der Waals surface area contributed by atoms with Gasteiger partial charge in [-0.3, -0.25) is 0 Å². The minimum Gasteiger partial charge on any atom is -0.454 e. The number of hydrogen-bond donors (Lipinski definition) is 2. The lowest BCUT2D eigenvalue weighted by Crippen LogP contribution is -2.45. The summed E-state index contributed by atoms with van der Waals surface area (Å²) >= 11 is 3.52. The van der Waals surface area contributed by atoms with Crippen LogP contribution in [0.15, 0.2) is 21.6 Å². The second kappa shape index (κ2) is 9.27. The molecule has 0 amide bonds. The van der Waals surface area contributed by atoms with Gasteiger partial charge < -0.3 is 24.8 Å². The third-order valence-electron chi connectivity index (χ3n) is 4.18. The number of nitrogens with zero attached hydrogens (tertiary/aromatic N) is 1. The minimum atomic E-state index is -0.0992. The minimum absolute atomic E-state index is 0. The molecule has 0 saturated carbocycles. The molecule has 1 fully saturated rings. The first kappa shape index (κ1) is 20.6. The van der Waals surface area contributed by atoms with E-state index in [1.807, 2.05) is 12.1 Å². The lowest BCUT2D eigenvalue weighted by atomic mass is 10.0. The van der Waals surface area contributed by atoms with Crippen molar-refractivity contribution in [2.75, 3.05) is 26.5 Å². The molecule has 2 heterocycles. The normalized spacial score (nSPS) is 21.8. The van der Waals surface area contributed by atoms with Crippen molar-refractivity contribution in [3.63, 3.8) is 0 Å². The van der Waals surface area contributed by atoms with Crippen molar-refractivity contribution < 1.29 is 14.2 Å². The molecule has 6 nitrogen and oxygen atoms in total. The number of benzene rings is 1. The Morgan fingerprint density at radius 2 is 2.16 bits per heavy atom. The van der Waals surface area contributed by atoms with Crippen LogP contribution >= 0.6 is 39.9 Å². The van der Waals surface area contributed by atoms with E-state index in [0.717, 1.165) is 60.0 Å². The highest BCUT2D eigenvalue weighted by molar-refractivity contribution is 14.0. The van der Waals surface area contributed by atoms with Crippen molar-refractivity contribution in [2.24, 2.45) is 4.99 Å². The van der Waals surface area contributed by atoms with E-state index in [1.165, 1.54) is 0 Å². The molecule has 0 radical (unpaired) electrons. The molecule has 1 aromatic rings. The molecule has 0 bridgehead atoms. The van der Waals surface area contributed by atoms with E-state index in [-0.39, 0.29) is 36.4 Å². The van der Waals surface area contributed by atoms with Gasteiger partial charge in [0, 0.05) is 19.7 Å². The second-order valence-corrected chi connectivity index (χ2v) is 7.12. The predicted octanol–water partition coefficient (Wildman–Crippen LogP) is 3.42. The average Bonchev–Trinajstić information content (AvgIpc) is 3.20. The number of guanidine groups is 1. The molecule has 140 valence electrons. The summed E-state index contributed by atoms with van der Waals surface area (Å²) in [6.07, 6.45) is 2.20. The standard InChI is InChI=1S/C17H24BrN3O3.HI/c1-3-19-16(21-10-17(2)5-4-6-24-17)20-9-12-7-13(18)15-14(8-12)22-11-23-15;/h7-8H,3-6,9-11H2,1-2H3,(H2,19,20,21);1H. The van der Waals surface area contributed by atoms with Crippen LogP contribution in [0.5, 0.6) is 11.5 Å². The predicted molar refractivity (Wildman–Crippen MR) is 112 cm³/mol. The third kappa shape index (κ3) is 5.37. The van der Waals surface area contributed by atoms with Crippen molar-refractivity contribution in [3.8, 4) is 11.5 Å². The number of halogens is 2. The van der Waals surface area contributed by atoms with Gasteiger partial charge in [0.2, 0.25) is 6.79 Å². The quantitative estimate of drug-likeness (QED) is 0.350. The first-order valence-corrected chi connectivity index (χ1v) is 9.13. The van der Waals surface area contributed by atoms with E-state index in [1.54, 1.807) is 0 Å². The second-order valence-electron chi connectivity index (χ2n) is 6.26. The number of hydrogen-bond acceptors (Lipinski definition) is 4. The highest BCUT2D eigenvalue weighted by atomic mass is 127. The van der Waals surface area contributed by atoms with Gasteiger partial charge in [0.05, 0.1) is 16.6 Å². The average molecular weight is 526 g/mol. The molecule has 1 saturated heterocycles. The molecule has 25 heavy (non-hydrogen) atoms. The number of rotatable bonds is 5. The largest absolute Gasteiger partial charge is 0.454 e. The molecule has 2 aliphatic rings. The molecule has 0 spiro atoms. The summed E-state index contributed by atoms with van der Waals surface area (Å²) in [5.74, 6) is 2.32. The Bertz CT molecular complexity index is 621. The van der Waals surface area contributed by atoms with E-state index >= 15 is 0 Å². The van der Waals surface area contributed by atoms with Crippen LogP contribution < -0.4 is 20.1 Å². The number of aliphatic imine (C=N–C) groups is 1. The van der Waals surface area contributed by atoms with Gasteiger partial charge in [-0.1, -0.05) is 0 Å². The monoisotopic (exact) mass is 525 g/mol. The van der Waals surface area contributed by atoms with Crippen LogP contribution in [0, 0.1) is 0 Å². The Labute approximate surface area is 174 Å². The third-order valence-corrected chi connectivity index (χ3v) is 4.77. The zero-order valence-electron chi connectivity index (χ0n) is 14.6. The number of ether oxygens (including phenoxy) is 3. The lowest BCUT2D eigenvalue weighted by molar-refractivity contribution is 0.0243. The van der Waals surface area contributed by atoms with Crippen LogP contribution in [0.25, 0.3) is 0 Å². The topological polar surface area (TPSA) is 64.1 Å². The van der Waals surface area contributed by atoms with Crippen molar-refractivity contribution in [2.45, 2.75) is 38.8 Å². The van der Waals surface area contributed by atoms with Crippen molar-refractivity contribution in [1.82, 2.24) is 10.6 Å². The molecule has 2 aliphatic heterocycles. The van der Waals surface area contributed by atoms with Gasteiger partial charge in [0.15, 0.2) is 17.5 Å². The van der Waals surface area contributed by atoms with E-state index in [9.17, 15) is 0 Å². The van der Waals surface area contributed by atoms with E-state index in [4.69, 9.17) is 14.2 Å². The summed E-state index contributed by atoms with van der Waals surface area (Å²) in [5, 5.41) is 6.66. The fraction of sp³-hybridized carbons (Fsp3) is 0.588. The molecule has 8 heteroatoms. The Balaban J connectivity index is 0.00000225. The van der Waals surface area contributed by atoms with Gasteiger partial charge in [-0.2, -0.15) is 0 Å². The summed E-state index contributed by atoms with van der Waals surface area (Å²) in [4.78, 5) is 4.66. The molecular formula is C17H25BrIN3O3. The summed E-state index contributed by atoms with van der Waals surface area (Å²) in [5.41, 5.74) is 0.962. The Morgan fingerprint density at radius 3 is 2.88 bits per heavy atom. The van der Waals surface area contributed by atoms with E-state index in [0.29, 0.717) is 6.54 Å². The van der Waals surface area contributed by atoms with E-state index in [2.05, 4.69) is 45.4 Å². The van der Waals surface area contributed by atoms with Crippen LogP contribution in [-0.4, -0.2) is 38.0 Å². The van der Waals surface area contributed by atoms with Gasteiger partial charge in [-0.25, -0.2) is 4.99 Å². The highest BCUT2D eigenvalue weighted by Crippen LogP contribution is 2.40. The summed E-state index contributed by atoms with van der Waals surface area (Å²) in [7, 11) is 0. The Morgan fingerprint density at radius 1 is 1.32 bits per heavy atom. The summed E-state index contributed by atoms with van der Waals surface area (Å²) < 4.78 is 17.6. The Hall–Kier alpha value is -0.740. The van der Waals surface area contributed by atoms with Crippen LogP contribution in [0.4, 0.5) is 0 Å². The van der Waals surface area contributed by atoms with Crippen molar-refractivity contribution in [3.05, 3.63) is 22.2 Å². The van der Waals surface area contributed by atoms with Gasteiger partial charge in [-0.15, -0.1) is 24.0 Å². The fourth-order valence-corrected chi connectivity index (χ4v) is 3.48. The maximum atomic E-state index is 5.82. The van der Waals surface area contributed by atoms with Gasteiger partial charge in [0.1, 0.15) is 0 Å². The first-order valence-electron chi connectivity index (χ1n) is 8.34. The SMILES string of the molecule is CCNC(=NCc1cc(Br)c2c(c1)OCO2)NCC1(C)CCCO1.I. The molecule has 3 rings (SSSR count). The zero-order chi connectivity index (χ0) is 17.0. The fourth-order valence-electron chi connectivity index (χ4n) is 2.87. The van der Waals surface area contributed by atoms with Gasteiger partial charge in [0.25, 0.3) is 0 Å². The Kier molecular flexibility index (Phi) is 7.63. The molecule has 1 atom stereocenters. The van der Waals surface area contributed by atoms with Crippen molar-refractivity contribution >= 4 is 45.9 Å². The molecule has 0 aliphatic carbocycles. The zero-order valence-corrected chi connectivity index (χ0v) is 18.5. The van der Waals surface area contributed by atoms with Crippen LogP contribution in [0.2, 0.25) is 0 Å². The molecule has 0 aromatic heterocycles. The maximum Gasteiger partial charge on any atom is 0.231 e.